The molecule has 2 aromatic rings. The van der Waals surface area contributed by atoms with Gasteiger partial charge in [0.25, 0.3) is 0 Å². The van der Waals surface area contributed by atoms with Crippen LogP contribution >= 0.6 is 0 Å². The zero-order valence-corrected chi connectivity index (χ0v) is 28.4. The third-order valence-electron chi connectivity index (χ3n) is 5.90. The van der Waals surface area contributed by atoms with Crippen molar-refractivity contribution in [2.75, 3.05) is 35.0 Å². The van der Waals surface area contributed by atoms with Crippen LogP contribution in [-0.2, 0) is 39.2 Å². The molecule has 2 aromatic carbocycles. The van der Waals surface area contributed by atoms with Crippen molar-refractivity contribution in [3.05, 3.63) is 58.2 Å². The Kier molecular flexibility index (Phi) is 14.3. The third kappa shape index (κ3) is 9.93. The van der Waals surface area contributed by atoms with Crippen molar-refractivity contribution in [3.63, 3.8) is 0 Å². The molecular weight excluding hydrogens is 758 g/mol. The van der Waals surface area contributed by atoms with Gasteiger partial charge in [-0.2, -0.15) is 43.2 Å². The van der Waals surface area contributed by atoms with E-state index < -0.39 is 112 Å². The van der Waals surface area contributed by atoms with E-state index in [2.05, 4.69) is 33.9 Å². The van der Waals surface area contributed by atoms with Gasteiger partial charge in [0, 0.05) is 23.3 Å². The number of methoxy groups -OCH3 is 4. The maximum absolute atomic E-state index is 12.6. The summed E-state index contributed by atoms with van der Waals surface area (Å²) in [4.78, 5) is 47.6. The largest absolute Gasteiger partial charge is 0.534 e. The van der Waals surface area contributed by atoms with Gasteiger partial charge in [-0.25, -0.2) is 19.2 Å². The number of carbonyl (C=O) groups excluding carboxylic acids is 4. The predicted octanol–water partition coefficient (Wildman–Crippen LogP) is 3.86. The Labute approximate surface area is 284 Å². The van der Waals surface area contributed by atoms with E-state index in [-0.39, 0.29) is 6.61 Å². The molecule has 2 rings (SSSR count). The van der Waals surface area contributed by atoms with E-state index in [1.165, 1.54) is 6.08 Å². The van der Waals surface area contributed by atoms with E-state index >= 15 is 0 Å². The second-order valence-electron chi connectivity index (χ2n) is 9.05. The molecule has 0 heterocycles. The molecule has 0 fully saturated rings. The highest BCUT2D eigenvalue weighted by Crippen LogP contribution is 2.38. The van der Waals surface area contributed by atoms with Crippen LogP contribution in [0.25, 0.3) is 0 Å². The molecule has 0 aliphatic rings. The molecule has 0 saturated carbocycles. The first-order valence-electron chi connectivity index (χ1n) is 12.9. The van der Waals surface area contributed by atoms with Gasteiger partial charge in [-0.15, -0.1) is 0 Å². The topological polar surface area (TPSA) is 221 Å². The van der Waals surface area contributed by atoms with E-state index in [0.29, 0.717) is 6.07 Å². The standard InChI is InChI=1S/C15H15F3O8S.C12H11F3O8S/c1-5-6-25-10-7-9(26-27(21,22)15(16,17)18)8(2)11(13(19)23-3)12(10)14(20)24-4;1-5-7(23-24(19,20)12(13,14)15)4-6(16)9(11(18)22-3)8(5)10(17)21-2/h5,7H,1,6H2,2-4H3;4,16H,1-3H3. The minimum Gasteiger partial charge on any atom is -0.507 e. The molecule has 0 spiro atoms. The van der Waals surface area contributed by atoms with E-state index in [0.717, 1.165) is 48.4 Å². The second-order valence-corrected chi connectivity index (χ2v) is 12.1. The van der Waals surface area contributed by atoms with E-state index in [1.807, 2.05) is 0 Å². The van der Waals surface area contributed by atoms with Crippen LogP contribution < -0.4 is 13.1 Å². The summed E-state index contributed by atoms with van der Waals surface area (Å²) >= 11 is 0. The Balaban J connectivity index is 0.000000514. The third-order valence-corrected chi connectivity index (χ3v) is 7.83. The van der Waals surface area contributed by atoms with Crippen LogP contribution in [0.4, 0.5) is 26.3 Å². The molecule has 0 aromatic heterocycles. The fourth-order valence-corrected chi connectivity index (χ4v) is 4.58. The van der Waals surface area contributed by atoms with Crippen LogP contribution in [0.5, 0.6) is 23.0 Å². The zero-order chi connectivity index (χ0) is 39.9. The number of hydrogen-bond donors (Lipinski definition) is 1. The molecule has 0 aliphatic heterocycles. The van der Waals surface area contributed by atoms with E-state index in [9.17, 15) is 67.5 Å². The van der Waals surface area contributed by atoms with Gasteiger partial charge < -0.3 is 37.2 Å². The number of hydrogen-bond acceptors (Lipinski definition) is 16. The molecule has 0 bridgehead atoms. The summed E-state index contributed by atoms with van der Waals surface area (Å²) in [7, 11) is -8.32. The van der Waals surface area contributed by atoms with E-state index in [1.54, 1.807) is 0 Å². The first kappa shape index (κ1) is 43.8. The summed E-state index contributed by atoms with van der Waals surface area (Å²) in [6, 6.07) is 1.16. The highest BCUT2D eigenvalue weighted by Gasteiger charge is 2.50. The van der Waals surface area contributed by atoms with Crippen molar-refractivity contribution in [2.24, 2.45) is 0 Å². The number of halogens is 6. The van der Waals surface area contributed by atoms with Crippen molar-refractivity contribution in [2.45, 2.75) is 24.9 Å². The molecule has 1 N–H and O–H groups in total. The monoisotopic (exact) mass is 784 g/mol. The second kappa shape index (κ2) is 16.6. The fraction of sp³-hybridized carbons (Fsp3) is 0.333. The Morgan fingerprint density at radius 1 is 0.647 bits per heavy atom. The summed E-state index contributed by atoms with van der Waals surface area (Å²) < 4.78 is 151. The SMILES string of the molecule is C=CCOc1cc(OS(=O)(=O)C(F)(F)F)c(C)c(C(=O)OC)c1C(=O)OC.COC(=O)c1c(O)cc(OS(=O)(=O)C(F)(F)F)c(C)c1C(=O)OC. The minimum atomic E-state index is -6.06. The van der Waals surface area contributed by atoms with Crippen molar-refractivity contribution < 1.29 is 99.5 Å². The van der Waals surface area contributed by atoms with Gasteiger partial charge in [-0.1, -0.05) is 12.7 Å². The van der Waals surface area contributed by atoms with Gasteiger partial charge in [-0.05, 0) is 13.8 Å². The number of ether oxygens (including phenoxy) is 5. The fourth-order valence-electron chi connectivity index (χ4n) is 3.57. The zero-order valence-electron chi connectivity index (χ0n) is 26.8. The summed E-state index contributed by atoms with van der Waals surface area (Å²) in [6.45, 7) is 5.21. The summed E-state index contributed by atoms with van der Waals surface area (Å²) in [5.41, 5.74) is -14.8. The smallest absolute Gasteiger partial charge is 0.507 e. The van der Waals surface area contributed by atoms with Crippen LogP contribution in [-0.4, -0.2) is 91.9 Å². The first-order valence-corrected chi connectivity index (χ1v) is 15.7. The number of phenols is 1. The Hall–Kier alpha value is -5.26. The van der Waals surface area contributed by atoms with Gasteiger partial charge in [0.15, 0.2) is 0 Å². The van der Waals surface area contributed by atoms with Gasteiger partial charge in [0.2, 0.25) is 0 Å². The number of phenolic OH excluding ortho intramolecular Hbond substituents is 1. The Morgan fingerprint density at radius 3 is 1.33 bits per heavy atom. The molecule has 0 unspecified atom stereocenters. The number of alkyl halides is 6. The molecule has 51 heavy (non-hydrogen) atoms. The number of carbonyl (C=O) groups is 4. The Morgan fingerprint density at radius 2 is 0.980 bits per heavy atom. The quantitative estimate of drug-likeness (QED) is 0.0853. The average Bonchev–Trinajstić information content (AvgIpc) is 3.03. The van der Waals surface area contributed by atoms with Crippen molar-refractivity contribution in [1.29, 1.82) is 0 Å². The lowest BCUT2D eigenvalue weighted by Crippen LogP contribution is -2.28. The highest BCUT2D eigenvalue weighted by molar-refractivity contribution is 7.88. The summed E-state index contributed by atoms with van der Waals surface area (Å²) in [5, 5.41) is 9.78. The first-order chi connectivity index (χ1) is 23.3. The number of rotatable bonds is 11. The number of esters is 4. The number of benzene rings is 2. The Bertz CT molecular complexity index is 1920. The molecule has 24 heteroatoms. The molecule has 0 amide bonds. The maximum Gasteiger partial charge on any atom is 0.534 e. The molecule has 0 atom stereocenters. The van der Waals surface area contributed by atoms with Gasteiger partial charge in [0.1, 0.15) is 40.7 Å². The predicted molar refractivity (Wildman–Crippen MR) is 156 cm³/mol. The molecule has 0 aliphatic carbocycles. The van der Waals surface area contributed by atoms with Crippen LogP contribution in [0.15, 0.2) is 24.8 Å². The van der Waals surface area contributed by atoms with Crippen molar-refractivity contribution >= 4 is 44.1 Å². The molecule has 0 radical (unpaired) electrons. The van der Waals surface area contributed by atoms with Crippen molar-refractivity contribution in [1.82, 2.24) is 0 Å². The van der Waals surface area contributed by atoms with Gasteiger partial charge in [0.05, 0.1) is 39.6 Å². The molecular formula is C27H26F6O16S2. The average molecular weight is 785 g/mol. The van der Waals surface area contributed by atoms with Crippen molar-refractivity contribution in [3.8, 4) is 23.0 Å². The number of aromatic hydroxyl groups is 1. The highest BCUT2D eigenvalue weighted by atomic mass is 32.2. The van der Waals surface area contributed by atoms with E-state index in [4.69, 9.17) is 4.74 Å². The summed E-state index contributed by atoms with van der Waals surface area (Å²) in [5.74, 6) is -7.99. The lowest BCUT2D eigenvalue weighted by molar-refractivity contribution is -0.0505. The van der Waals surface area contributed by atoms with Crippen LogP contribution in [0.3, 0.4) is 0 Å². The molecule has 0 saturated heterocycles. The normalized spacial score (nSPS) is 11.6. The van der Waals surface area contributed by atoms with Crippen LogP contribution in [0.2, 0.25) is 0 Å². The van der Waals surface area contributed by atoms with Gasteiger partial charge in [-0.3, -0.25) is 0 Å². The maximum atomic E-state index is 12.6. The van der Waals surface area contributed by atoms with Gasteiger partial charge >= 0.3 is 55.1 Å². The lowest BCUT2D eigenvalue weighted by Gasteiger charge is -2.18. The van der Waals surface area contributed by atoms with Crippen LogP contribution in [0.1, 0.15) is 52.6 Å². The summed E-state index contributed by atoms with van der Waals surface area (Å²) in [6.07, 6.45) is 1.24. The lowest BCUT2D eigenvalue weighted by atomic mass is 9.99. The minimum absolute atomic E-state index is 0.223. The molecule has 284 valence electrons. The molecule has 16 nitrogen and oxygen atoms in total. The van der Waals surface area contributed by atoms with Crippen LogP contribution in [0, 0.1) is 13.8 Å².